The van der Waals surface area contributed by atoms with Crippen LogP contribution in [0.5, 0.6) is 0 Å². The fourth-order valence-electron chi connectivity index (χ4n) is 5.10. The van der Waals surface area contributed by atoms with Crippen LogP contribution in [0.4, 0.5) is 0 Å². The summed E-state index contributed by atoms with van der Waals surface area (Å²) in [5.74, 6) is 1.71. The van der Waals surface area contributed by atoms with Crippen molar-refractivity contribution in [1.29, 1.82) is 0 Å². The van der Waals surface area contributed by atoms with Crippen molar-refractivity contribution in [3.8, 4) is 33.6 Å². The molecule has 1 fully saturated rings. The van der Waals surface area contributed by atoms with E-state index >= 15 is 0 Å². The Morgan fingerprint density at radius 1 is 0.944 bits per heavy atom. The molecule has 0 spiro atoms. The Hall–Kier alpha value is -4.33. The van der Waals surface area contributed by atoms with Gasteiger partial charge in [0.1, 0.15) is 17.7 Å². The lowest BCUT2D eigenvalue weighted by Crippen LogP contribution is -2.36. The molecule has 0 bridgehead atoms. The van der Waals surface area contributed by atoms with Crippen LogP contribution in [0.15, 0.2) is 67.4 Å². The summed E-state index contributed by atoms with van der Waals surface area (Å²) >= 11 is 0. The van der Waals surface area contributed by atoms with Crippen LogP contribution in [0.3, 0.4) is 0 Å². The van der Waals surface area contributed by atoms with Gasteiger partial charge in [-0.3, -0.25) is 9.78 Å². The molecule has 4 aromatic heterocycles. The van der Waals surface area contributed by atoms with Gasteiger partial charge in [0.25, 0.3) is 5.91 Å². The summed E-state index contributed by atoms with van der Waals surface area (Å²) in [6.07, 6.45) is 9.99. The SMILES string of the molecule is CN1CCn2c(cc3c(-c4cncc(-c5ccc(-c6nncn6CC6CC6)cc5)c4)ccnc32)C1=O. The fourth-order valence-corrected chi connectivity index (χ4v) is 5.10. The van der Waals surface area contributed by atoms with E-state index in [0.717, 1.165) is 63.7 Å². The molecular formula is C28H25N7O. The first-order valence-corrected chi connectivity index (χ1v) is 12.3. The number of rotatable bonds is 5. The summed E-state index contributed by atoms with van der Waals surface area (Å²) in [7, 11) is 1.84. The molecule has 8 nitrogen and oxygen atoms in total. The van der Waals surface area contributed by atoms with E-state index in [1.165, 1.54) is 12.8 Å². The van der Waals surface area contributed by atoms with Gasteiger partial charge in [-0.25, -0.2) is 4.98 Å². The monoisotopic (exact) mass is 475 g/mol. The van der Waals surface area contributed by atoms with E-state index in [1.807, 2.05) is 48.7 Å². The number of likely N-dealkylation sites (N-methyl/N-ethyl adjacent to an activating group) is 1. The lowest BCUT2D eigenvalue weighted by Gasteiger charge is -2.24. The minimum absolute atomic E-state index is 0.0325. The molecule has 1 amide bonds. The number of carbonyl (C=O) groups is 1. The second-order valence-corrected chi connectivity index (χ2v) is 9.79. The number of aromatic nitrogens is 6. The van der Waals surface area contributed by atoms with Crippen LogP contribution in [0, 0.1) is 5.92 Å². The number of amides is 1. The lowest BCUT2D eigenvalue weighted by atomic mass is 10.00. The van der Waals surface area contributed by atoms with Gasteiger partial charge >= 0.3 is 0 Å². The average molecular weight is 476 g/mol. The molecule has 0 atom stereocenters. The molecule has 7 rings (SSSR count). The summed E-state index contributed by atoms with van der Waals surface area (Å²) in [4.78, 5) is 23.6. The van der Waals surface area contributed by atoms with Crippen LogP contribution in [-0.4, -0.2) is 53.7 Å². The quantitative estimate of drug-likeness (QED) is 0.373. The van der Waals surface area contributed by atoms with Crippen LogP contribution in [0.2, 0.25) is 0 Å². The second kappa shape index (κ2) is 8.12. The molecule has 1 aromatic carbocycles. The van der Waals surface area contributed by atoms with Gasteiger partial charge in [0.05, 0.1) is 0 Å². The molecule has 8 heteroatoms. The first kappa shape index (κ1) is 21.0. The highest BCUT2D eigenvalue weighted by atomic mass is 16.2. The van der Waals surface area contributed by atoms with Gasteiger partial charge in [-0.1, -0.05) is 24.3 Å². The zero-order chi connectivity index (χ0) is 24.2. The number of carbonyl (C=O) groups excluding carboxylic acids is 1. The zero-order valence-corrected chi connectivity index (χ0v) is 20.0. The predicted octanol–water partition coefficient (Wildman–Crippen LogP) is 4.52. The molecule has 0 N–H and O–H groups in total. The molecule has 178 valence electrons. The molecule has 1 saturated carbocycles. The van der Waals surface area contributed by atoms with E-state index in [0.29, 0.717) is 12.2 Å². The van der Waals surface area contributed by atoms with Crippen LogP contribution in [0.1, 0.15) is 23.3 Å². The number of nitrogens with zero attached hydrogens (tertiary/aromatic N) is 7. The Kier molecular flexibility index (Phi) is 4.73. The highest BCUT2D eigenvalue weighted by Crippen LogP contribution is 2.34. The van der Waals surface area contributed by atoms with Gasteiger partial charge < -0.3 is 14.0 Å². The van der Waals surface area contributed by atoms with Gasteiger partial charge in [0.2, 0.25) is 0 Å². The van der Waals surface area contributed by atoms with E-state index < -0.39 is 0 Å². The van der Waals surface area contributed by atoms with Gasteiger partial charge in [-0.05, 0) is 48.1 Å². The number of fused-ring (bicyclic) bond motifs is 3. The van der Waals surface area contributed by atoms with Crippen molar-refractivity contribution in [2.45, 2.75) is 25.9 Å². The van der Waals surface area contributed by atoms with Gasteiger partial charge in [-0.15, -0.1) is 10.2 Å². The van der Waals surface area contributed by atoms with Crippen molar-refractivity contribution >= 4 is 16.9 Å². The molecule has 0 radical (unpaired) electrons. The Labute approximate surface area is 208 Å². The Balaban J connectivity index is 1.23. The maximum absolute atomic E-state index is 12.7. The normalized spacial score (nSPS) is 15.5. The maximum Gasteiger partial charge on any atom is 0.270 e. The number of pyridine rings is 2. The largest absolute Gasteiger partial charge is 0.339 e. The Morgan fingerprint density at radius 3 is 2.58 bits per heavy atom. The van der Waals surface area contributed by atoms with Crippen LogP contribution in [0.25, 0.3) is 44.7 Å². The molecule has 0 unspecified atom stereocenters. The summed E-state index contributed by atoms with van der Waals surface area (Å²) in [5.41, 5.74) is 6.73. The third-order valence-corrected chi connectivity index (χ3v) is 7.31. The van der Waals surface area contributed by atoms with Gasteiger partial charge in [-0.2, -0.15) is 0 Å². The van der Waals surface area contributed by atoms with Crippen molar-refractivity contribution in [3.05, 3.63) is 73.1 Å². The van der Waals surface area contributed by atoms with Crippen molar-refractivity contribution in [2.75, 3.05) is 13.6 Å². The Morgan fingerprint density at radius 2 is 1.75 bits per heavy atom. The minimum Gasteiger partial charge on any atom is -0.339 e. The summed E-state index contributed by atoms with van der Waals surface area (Å²) < 4.78 is 4.18. The maximum atomic E-state index is 12.7. The molecule has 2 aliphatic rings. The molecule has 36 heavy (non-hydrogen) atoms. The Bertz CT molecular complexity index is 1610. The third kappa shape index (κ3) is 3.48. The smallest absolute Gasteiger partial charge is 0.270 e. The van der Waals surface area contributed by atoms with Gasteiger partial charge in [0.15, 0.2) is 5.82 Å². The van der Waals surface area contributed by atoms with E-state index in [1.54, 1.807) is 4.90 Å². The zero-order valence-electron chi connectivity index (χ0n) is 20.0. The predicted molar refractivity (Wildman–Crippen MR) is 137 cm³/mol. The topological polar surface area (TPSA) is 81.7 Å². The third-order valence-electron chi connectivity index (χ3n) is 7.31. The molecule has 5 aromatic rings. The second-order valence-electron chi connectivity index (χ2n) is 9.79. The van der Waals surface area contributed by atoms with Crippen LogP contribution >= 0.6 is 0 Å². The van der Waals surface area contributed by atoms with Crippen molar-refractivity contribution in [1.82, 2.24) is 34.2 Å². The van der Waals surface area contributed by atoms with Crippen LogP contribution in [-0.2, 0) is 13.1 Å². The molecule has 1 aliphatic carbocycles. The van der Waals surface area contributed by atoms with E-state index in [2.05, 4.69) is 55.1 Å². The summed E-state index contributed by atoms with van der Waals surface area (Å²) in [6, 6.07) is 14.5. The summed E-state index contributed by atoms with van der Waals surface area (Å²) in [6.45, 7) is 2.42. The minimum atomic E-state index is 0.0325. The highest BCUT2D eigenvalue weighted by molar-refractivity contribution is 6.03. The fraction of sp³-hybridized carbons (Fsp3) is 0.250. The molecule has 5 heterocycles. The number of hydrogen-bond donors (Lipinski definition) is 0. The molecule has 0 saturated heterocycles. The highest BCUT2D eigenvalue weighted by Gasteiger charge is 2.26. The first-order valence-electron chi connectivity index (χ1n) is 12.3. The number of hydrogen-bond acceptors (Lipinski definition) is 5. The van der Waals surface area contributed by atoms with E-state index in [-0.39, 0.29) is 5.91 Å². The number of benzene rings is 1. The summed E-state index contributed by atoms with van der Waals surface area (Å²) in [5, 5.41) is 9.46. The van der Waals surface area contributed by atoms with Gasteiger partial charge in [0, 0.05) is 67.3 Å². The van der Waals surface area contributed by atoms with Crippen molar-refractivity contribution in [2.24, 2.45) is 5.92 Å². The van der Waals surface area contributed by atoms with E-state index in [9.17, 15) is 4.79 Å². The van der Waals surface area contributed by atoms with E-state index in [4.69, 9.17) is 0 Å². The standard InChI is InChI=1S/C28H25N7O/c1-33-10-11-35-25(28(33)36)13-24-23(8-9-30-27(24)35)22-12-21(14-29-15-22)19-4-6-20(7-5-19)26-32-31-17-34(26)16-18-2-3-18/h4-9,12-15,17-18H,2-3,10-11,16H2,1H3. The first-order chi connectivity index (χ1) is 17.7. The lowest BCUT2D eigenvalue weighted by molar-refractivity contribution is 0.0751. The van der Waals surface area contributed by atoms with Crippen LogP contribution < -0.4 is 0 Å². The van der Waals surface area contributed by atoms with Crippen molar-refractivity contribution in [3.63, 3.8) is 0 Å². The van der Waals surface area contributed by atoms with Crippen molar-refractivity contribution < 1.29 is 4.79 Å². The average Bonchev–Trinajstić information content (AvgIpc) is 3.47. The molecule has 1 aliphatic heterocycles. The molecular weight excluding hydrogens is 450 g/mol.